The van der Waals surface area contributed by atoms with Gasteiger partial charge >= 0.3 is 0 Å². The van der Waals surface area contributed by atoms with Crippen LogP contribution >= 0.6 is 0 Å². The predicted molar refractivity (Wildman–Crippen MR) is 215 cm³/mol. The summed E-state index contributed by atoms with van der Waals surface area (Å²) in [5.41, 5.74) is 6.12. The van der Waals surface area contributed by atoms with Crippen LogP contribution < -0.4 is 15.5 Å². The average molecular weight is 786 g/mol. The fourth-order valence-corrected chi connectivity index (χ4v) is 9.74. The minimum absolute atomic E-state index is 0.00169. The first-order valence-corrected chi connectivity index (χ1v) is 20.5. The van der Waals surface area contributed by atoms with Crippen LogP contribution in [0.3, 0.4) is 0 Å². The van der Waals surface area contributed by atoms with E-state index in [0.717, 1.165) is 90.9 Å². The van der Waals surface area contributed by atoms with Gasteiger partial charge in [0.1, 0.15) is 11.8 Å². The number of nitriles is 1. The third-order valence-corrected chi connectivity index (χ3v) is 13.3. The molecule has 8 rings (SSSR count). The van der Waals surface area contributed by atoms with Gasteiger partial charge in [0, 0.05) is 63.5 Å². The summed E-state index contributed by atoms with van der Waals surface area (Å²) in [5, 5.41) is 9.80. The van der Waals surface area contributed by atoms with Crippen molar-refractivity contribution in [2.45, 2.75) is 108 Å². The maximum atomic E-state index is 13.5. The largest absolute Gasteiger partial charge is 0.490 e. The van der Waals surface area contributed by atoms with Crippen LogP contribution in [0.1, 0.15) is 118 Å². The molecule has 0 bridgehead atoms. The Morgan fingerprint density at radius 1 is 0.828 bits per heavy atom. The second-order valence-electron chi connectivity index (χ2n) is 16.9. The summed E-state index contributed by atoms with van der Waals surface area (Å²) < 4.78 is 6.39. The Bertz CT molecular complexity index is 2140. The highest BCUT2D eigenvalue weighted by molar-refractivity contribution is 6.23. The lowest BCUT2D eigenvalue weighted by molar-refractivity contribution is -0.151. The van der Waals surface area contributed by atoms with E-state index in [9.17, 15) is 29.2 Å². The van der Waals surface area contributed by atoms with Gasteiger partial charge in [-0.05, 0) is 142 Å². The summed E-state index contributed by atoms with van der Waals surface area (Å²) >= 11 is 0. The summed E-state index contributed by atoms with van der Waals surface area (Å²) in [6.45, 7) is 4.26. The molecule has 302 valence electrons. The van der Waals surface area contributed by atoms with E-state index in [0.29, 0.717) is 52.3 Å². The molecule has 5 aliphatic rings. The van der Waals surface area contributed by atoms with Gasteiger partial charge in [-0.1, -0.05) is 0 Å². The zero-order chi connectivity index (χ0) is 40.8. The molecule has 3 aromatic rings. The van der Waals surface area contributed by atoms with Crippen molar-refractivity contribution in [2.75, 3.05) is 25.5 Å². The fraction of sp³-hybridized carbons (Fsp3) is 0.467. The SMILES string of the molecule is Cc1cc(N(C)[C@H]2CC[C@H](N(C)C(=O)c3ccc(O[C@H]4CC[C@H](CN5Cc6cc7c(cc6C5)C(=O)N(C5CCC(=O)N(N)C5=O)C7=O)CC4)cc3)CC2)ccc1C#N. The second kappa shape index (κ2) is 16.0. The van der Waals surface area contributed by atoms with E-state index in [2.05, 4.69) is 29.0 Å². The van der Waals surface area contributed by atoms with E-state index >= 15 is 0 Å². The monoisotopic (exact) mass is 785 g/mol. The van der Waals surface area contributed by atoms with Crippen LogP contribution in [0.2, 0.25) is 0 Å². The van der Waals surface area contributed by atoms with E-state index in [1.807, 2.05) is 55.3 Å². The van der Waals surface area contributed by atoms with Crippen molar-refractivity contribution in [3.8, 4) is 11.8 Å². The first-order chi connectivity index (χ1) is 27.9. The lowest BCUT2D eigenvalue weighted by atomic mass is 9.87. The smallest absolute Gasteiger partial charge is 0.266 e. The van der Waals surface area contributed by atoms with E-state index < -0.39 is 29.7 Å². The number of rotatable bonds is 9. The van der Waals surface area contributed by atoms with Gasteiger partial charge in [-0.25, -0.2) is 10.9 Å². The molecule has 1 unspecified atom stereocenters. The number of fused-ring (bicyclic) bond motifs is 2. The molecule has 1 saturated heterocycles. The number of ether oxygens (including phenoxy) is 1. The molecule has 13 heteroatoms. The first-order valence-electron chi connectivity index (χ1n) is 20.5. The van der Waals surface area contributed by atoms with Crippen LogP contribution in [0.4, 0.5) is 5.69 Å². The zero-order valence-electron chi connectivity index (χ0n) is 33.5. The van der Waals surface area contributed by atoms with Gasteiger partial charge < -0.3 is 14.5 Å². The van der Waals surface area contributed by atoms with Crippen LogP contribution in [0.15, 0.2) is 54.6 Å². The van der Waals surface area contributed by atoms with Gasteiger partial charge in [0.2, 0.25) is 5.91 Å². The summed E-state index contributed by atoms with van der Waals surface area (Å²) in [5.74, 6) is 4.65. The molecule has 13 nitrogen and oxygen atoms in total. The Morgan fingerprint density at radius 3 is 2.05 bits per heavy atom. The number of hydrogen-bond acceptors (Lipinski definition) is 10. The zero-order valence-corrected chi connectivity index (χ0v) is 33.5. The number of aryl methyl sites for hydroxylation is 1. The topological polar surface area (TPSA) is 161 Å². The molecule has 0 radical (unpaired) electrons. The van der Waals surface area contributed by atoms with Gasteiger partial charge in [0.15, 0.2) is 0 Å². The van der Waals surface area contributed by atoms with Crippen molar-refractivity contribution in [3.63, 3.8) is 0 Å². The molecule has 0 spiro atoms. The van der Waals surface area contributed by atoms with Crippen LogP contribution in [0.5, 0.6) is 5.75 Å². The molecular weight excluding hydrogens is 735 g/mol. The van der Waals surface area contributed by atoms with Crippen molar-refractivity contribution >= 4 is 35.2 Å². The molecule has 2 N–H and O–H groups in total. The van der Waals surface area contributed by atoms with Gasteiger partial charge in [0.25, 0.3) is 23.6 Å². The van der Waals surface area contributed by atoms with Crippen molar-refractivity contribution < 1.29 is 28.7 Å². The number of anilines is 1. The first kappa shape index (κ1) is 39.3. The second-order valence-corrected chi connectivity index (χ2v) is 16.9. The molecule has 2 saturated carbocycles. The summed E-state index contributed by atoms with van der Waals surface area (Å²) in [6, 6.07) is 18.9. The van der Waals surface area contributed by atoms with Gasteiger partial charge in [-0.15, -0.1) is 0 Å². The Kier molecular flexibility index (Phi) is 10.8. The van der Waals surface area contributed by atoms with Gasteiger partial charge in [-0.3, -0.25) is 33.8 Å². The third-order valence-electron chi connectivity index (χ3n) is 13.3. The summed E-state index contributed by atoms with van der Waals surface area (Å²) in [7, 11) is 4.03. The van der Waals surface area contributed by atoms with E-state index in [4.69, 9.17) is 10.6 Å². The third kappa shape index (κ3) is 7.47. The molecule has 58 heavy (non-hydrogen) atoms. The molecule has 3 fully saturated rings. The van der Waals surface area contributed by atoms with Crippen molar-refractivity contribution in [2.24, 2.45) is 11.8 Å². The van der Waals surface area contributed by atoms with Crippen molar-refractivity contribution in [3.05, 3.63) is 93.5 Å². The molecular formula is C45H51N7O6. The molecule has 0 aromatic heterocycles. The predicted octanol–water partition coefficient (Wildman–Crippen LogP) is 5.33. The van der Waals surface area contributed by atoms with Crippen LogP contribution in [0.25, 0.3) is 0 Å². The highest BCUT2D eigenvalue weighted by Crippen LogP contribution is 2.36. The van der Waals surface area contributed by atoms with E-state index in [-0.39, 0.29) is 30.9 Å². The number of imide groups is 2. The number of amides is 5. The number of carbonyl (C=O) groups is 5. The number of nitrogens with two attached hydrogens (primary N) is 1. The molecule has 3 aromatic carbocycles. The van der Waals surface area contributed by atoms with Gasteiger partial charge in [0.05, 0.1) is 28.9 Å². The normalized spacial score (nSPS) is 24.7. The quantitative estimate of drug-likeness (QED) is 0.171. The lowest BCUT2D eigenvalue weighted by Crippen LogP contribution is -2.58. The minimum atomic E-state index is -1.07. The highest BCUT2D eigenvalue weighted by Gasteiger charge is 2.47. The van der Waals surface area contributed by atoms with Crippen LogP contribution in [0, 0.1) is 24.2 Å². The Labute approximate surface area is 339 Å². The molecule has 1 atom stereocenters. The fourth-order valence-electron chi connectivity index (χ4n) is 9.74. The average Bonchev–Trinajstić information content (AvgIpc) is 3.74. The standard InChI is InChI=1S/C45H51N7O6/c1-27-20-35(9-6-30(27)23-46)48(2)33-10-12-34(13-11-33)49(3)42(54)29-7-16-37(17-8-29)58-36-14-4-28(5-15-36)24-50-25-31-21-38-39(22-32(31)26-50)44(56)51(43(38)55)40-18-19-41(53)52(47)45(40)57/h6-9,16-17,20-22,28,33-34,36,40H,4-5,10-15,18-19,24-26,47H2,1-3H3/t28-,33-,34-,36-,40?. The number of benzene rings is 3. The van der Waals surface area contributed by atoms with Crippen LogP contribution in [-0.2, 0) is 22.7 Å². The number of piperidine rings is 1. The van der Waals surface area contributed by atoms with Gasteiger partial charge in [-0.2, -0.15) is 5.26 Å². The van der Waals surface area contributed by atoms with Crippen molar-refractivity contribution in [1.82, 2.24) is 19.7 Å². The maximum absolute atomic E-state index is 13.5. The van der Waals surface area contributed by atoms with E-state index in [1.54, 1.807) is 12.1 Å². The Balaban J connectivity index is 0.778. The maximum Gasteiger partial charge on any atom is 0.266 e. The molecule has 2 aliphatic carbocycles. The Hall–Kier alpha value is -5.58. The molecule has 3 heterocycles. The number of nitrogens with zero attached hydrogens (tertiary/aromatic N) is 6. The number of hydrazine groups is 1. The molecule has 3 aliphatic heterocycles. The summed E-state index contributed by atoms with van der Waals surface area (Å²) in [4.78, 5) is 72.3. The van der Waals surface area contributed by atoms with Crippen molar-refractivity contribution in [1.29, 1.82) is 5.26 Å². The Morgan fingerprint density at radius 2 is 1.45 bits per heavy atom. The van der Waals surface area contributed by atoms with E-state index in [1.165, 1.54) is 0 Å². The minimum Gasteiger partial charge on any atom is -0.490 e. The van der Waals surface area contributed by atoms with Crippen LogP contribution in [-0.4, -0.2) is 94.1 Å². The highest BCUT2D eigenvalue weighted by atomic mass is 16.5. The number of hydrogen-bond donors (Lipinski definition) is 1. The molecule has 5 amide bonds. The lowest BCUT2D eigenvalue weighted by Gasteiger charge is -2.39. The summed E-state index contributed by atoms with van der Waals surface area (Å²) in [6.07, 6.45) is 8.00. The number of carbonyl (C=O) groups excluding carboxylic acids is 5.